The van der Waals surface area contributed by atoms with Crippen molar-refractivity contribution in [2.75, 3.05) is 26.2 Å². The Labute approximate surface area is 154 Å². The van der Waals surface area contributed by atoms with Gasteiger partial charge in [-0.2, -0.15) is 0 Å². The van der Waals surface area contributed by atoms with Crippen LogP contribution in [0.3, 0.4) is 0 Å². The highest BCUT2D eigenvalue weighted by Gasteiger charge is 2.20. The van der Waals surface area contributed by atoms with Gasteiger partial charge < -0.3 is 4.90 Å². The van der Waals surface area contributed by atoms with E-state index in [1.165, 1.54) is 11.1 Å². The summed E-state index contributed by atoms with van der Waals surface area (Å²) in [6.07, 6.45) is 6.08. The fourth-order valence-corrected chi connectivity index (χ4v) is 3.28. The summed E-state index contributed by atoms with van der Waals surface area (Å²) < 4.78 is 0. The molecule has 0 bridgehead atoms. The third-order valence-corrected chi connectivity index (χ3v) is 4.90. The molecule has 2 heterocycles. The Bertz CT molecular complexity index is 667. The van der Waals surface area contributed by atoms with Crippen LogP contribution in [0.25, 0.3) is 0 Å². The van der Waals surface area contributed by atoms with Crippen LogP contribution in [0.2, 0.25) is 5.02 Å². The van der Waals surface area contributed by atoms with Crippen LogP contribution in [0, 0.1) is 0 Å². The van der Waals surface area contributed by atoms with Crippen molar-refractivity contribution < 1.29 is 4.79 Å². The highest BCUT2D eigenvalue weighted by molar-refractivity contribution is 6.30. The number of carbonyl (C=O) groups is 1. The first-order valence-electron chi connectivity index (χ1n) is 8.84. The minimum Gasteiger partial charge on any atom is -0.340 e. The highest BCUT2D eigenvalue weighted by atomic mass is 35.5. The fourth-order valence-electron chi connectivity index (χ4n) is 3.15. The lowest BCUT2D eigenvalue weighted by molar-refractivity contribution is -0.133. The summed E-state index contributed by atoms with van der Waals surface area (Å²) in [5.41, 5.74) is 2.51. The van der Waals surface area contributed by atoms with Gasteiger partial charge in [-0.3, -0.25) is 14.7 Å². The maximum Gasteiger partial charge on any atom is 0.222 e. The number of aromatic nitrogens is 1. The van der Waals surface area contributed by atoms with Gasteiger partial charge >= 0.3 is 0 Å². The molecule has 1 aliphatic rings. The maximum absolute atomic E-state index is 12.4. The minimum atomic E-state index is 0.275. The molecule has 4 nitrogen and oxygen atoms in total. The number of nitrogens with zero attached hydrogens (tertiary/aromatic N) is 3. The van der Waals surface area contributed by atoms with Gasteiger partial charge in [0.1, 0.15) is 0 Å². The van der Waals surface area contributed by atoms with E-state index in [4.69, 9.17) is 11.6 Å². The maximum atomic E-state index is 12.4. The standard InChI is InChI=1S/C20H24ClN3O/c21-19-6-4-17(5-7-19)2-1-3-20(25)24-14-12-23(13-15-24)16-18-8-10-22-11-9-18/h4-11H,1-3,12-16H2. The van der Waals surface area contributed by atoms with Gasteiger partial charge in [0.25, 0.3) is 0 Å². The van der Waals surface area contributed by atoms with Crippen LogP contribution in [-0.2, 0) is 17.8 Å². The number of hydrogen-bond donors (Lipinski definition) is 0. The molecule has 0 N–H and O–H groups in total. The highest BCUT2D eigenvalue weighted by Crippen LogP contribution is 2.13. The average molecular weight is 358 g/mol. The Kier molecular flexibility index (Phi) is 6.42. The molecule has 1 aromatic carbocycles. The second-order valence-electron chi connectivity index (χ2n) is 6.49. The van der Waals surface area contributed by atoms with E-state index in [9.17, 15) is 4.79 Å². The summed E-state index contributed by atoms with van der Waals surface area (Å²) >= 11 is 5.89. The van der Waals surface area contributed by atoms with Crippen molar-refractivity contribution in [1.82, 2.24) is 14.8 Å². The minimum absolute atomic E-state index is 0.275. The van der Waals surface area contributed by atoms with Crippen LogP contribution in [0.1, 0.15) is 24.0 Å². The van der Waals surface area contributed by atoms with E-state index in [0.29, 0.717) is 6.42 Å². The Morgan fingerprint density at radius 1 is 0.960 bits per heavy atom. The third-order valence-electron chi connectivity index (χ3n) is 4.65. The topological polar surface area (TPSA) is 36.4 Å². The van der Waals surface area contributed by atoms with Crippen molar-refractivity contribution in [1.29, 1.82) is 0 Å². The van der Waals surface area contributed by atoms with Crippen molar-refractivity contribution in [2.45, 2.75) is 25.8 Å². The summed E-state index contributed by atoms with van der Waals surface area (Å²) in [6.45, 7) is 4.45. The molecule has 1 saturated heterocycles. The normalized spacial score (nSPS) is 15.3. The zero-order chi connectivity index (χ0) is 17.5. The van der Waals surface area contributed by atoms with E-state index in [0.717, 1.165) is 50.6 Å². The van der Waals surface area contributed by atoms with Crippen molar-refractivity contribution in [2.24, 2.45) is 0 Å². The Morgan fingerprint density at radius 2 is 1.64 bits per heavy atom. The Balaban J connectivity index is 1.37. The first-order chi connectivity index (χ1) is 12.2. The summed E-state index contributed by atoms with van der Waals surface area (Å²) in [6, 6.07) is 12.0. The Morgan fingerprint density at radius 3 is 2.32 bits per heavy atom. The molecule has 0 saturated carbocycles. The first kappa shape index (κ1) is 17.9. The molecule has 0 radical (unpaired) electrons. The smallest absolute Gasteiger partial charge is 0.222 e. The number of carbonyl (C=O) groups excluding carboxylic acids is 1. The van der Waals surface area contributed by atoms with Gasteiger partial charge in [-0.25, -0.2) is 0 Å². The number of pyridine rings is 1. The van der Waals surface area contributed by atoms with Gasteiger partial charge in [0.05, 0.1) is 0 Å². The summed E-state index contributed by atoms with van der Waals surface area (Å²) in [7, 11) is 0. The first-order valence-corrected chi connectivity index (χ1v) is 9.22. The number of aryl methyl sites for hydroxylation is 1. The number of halogens is 1. The second kappa shape index (κ2) is 8.97. The SMILES string of the molecule is O=C(CCCc1ccc(Cl)cc1)N1CCN(Cc2ccncc2)CC1. The monoisotopic (exact) mass is 357 g/mol. The van der Waals surface area contributed by atoms with Gasteiger partial charge in [0, 0.05) is 56.6 Å². The van der Waals surface area contributed by atoms with Gasteiger partial charge in [-0.1, -0.05) is 23.7 Å². The summed E-state index contributed by atoms with van der Waals surface area (Å²) in [5.74, 6) is 0.275. The van der Waals surface area contributed by atoms with Gasteiger partial charge in [-0.15, -0.1) is 0 Å². The largest absolute Gasteiger partial charge is 0.340 e. The average Bonchev–Trinajstić information content (AvgIpc) is 2.65. The molecular formula is C20H24ClN3O. The van der Waals surface area contributed by atoms with Gasteiger partial charge in [0.15, 0.2) is 0 Å². The predicted molar refractivity (Wildman–Crippen MR) is 100 cm³/mol. The van der Waals surface area contributed by atoms with E-state index >= 15 is 0 Å². The molecule has 5 heteroatoms. The number of benzene rings is 1. The third kappa shape index (κ3) is 5.55. The molecule has 3 rings (SSSR count). The number of piperazine rings is 1. The lowest BCUT2D eigenvalue weighted by Gasteiger charge is -2.34. The predicted octanol–water partition coefficient (Wildman–Crippen LogP) is 3.40. The van der Waals surface area contributed by atoms with Crippen molar-refractivity contribution in [3.05, 3.63) is 64.9 Å². The van der Waals surface area contributed by atoms with Crippen LogP contribution >= 0.6 is 11.6 Å². The molecule has 0 spiro atoms. The molecule has 1 aromatic heterocycles. The number of amides is 1. The molecule has 132 valence electrons. The van der Waals surface area contributed by atoms with Crippen molar-refractivity contribution in [3.8, 4) is 0 Å². The van der Waals surface area contributed by atoms with Crippen LogP contribution in [0.15, 0.2) is 48.8 Å². The van der Waals surface area contributed by atoms with Crippen LogP contribution < -0.4 is 0 Å². The Hall–Kier alpha value is -1.91. The van der Waals surface area contributed by atoms with Crippen molar-refractivity contribution >= 4 is 17.5 Å². The molecule has 2 aromatic rings. The van der Waals surface area contributed by atoms with E-state index in [2.05, 4.69) is 9.88 Å². The van der Waals surface area contributed by atoms with E-state index in [-0.39, 0.29) is 5.91 Å². The van der Waals surface area contributed by atoms with E-state index in [1.54, 1.807) is 0 Å². The molecule has 0 atom stereocenters. The second-order valence-corrected chi connectivity index (χ2v) is 6.93. The zero-order valence-corrected chi connectivity index (χ0v) is 15.2. The van der Waals surface area contributed by atoms with Gasteiger partial charge in [0.2, 0.25) is 5.91 Å². The number of rotatable bonds is 6. The van der Waals surface area contributed by atoms with Crippen LogP contribution in [0.5, 0.6) is 0 Å². The molecule has 0 aliphatic carbocycles. The molecule has 1 amide bonds. The zero-order valence-electron chi connectivity index (χ0n) is 14.4. The van der Waals surface area contributed by atoms with E-state index in [1.807, 2.05) is 53.7 Å². The molecule has 25 heavy (non-hydrogen) atoms. The van der Waals surface area contributed by atoms with Crippen LogP contribution in [0.4, 0.5) is 0 Å². The number of hydrogen-bond acceptors (Lipinski definition) is 3. The van der Waals surface area contributed by atoms with Crippen molar-refractivity contribution in [3.63, 3.8) is 0 Å². The molecule has 0 unspecified atom stereocenters. The molecule has 1 fully saturated rings. The quantitative estimate of drug-likeness (QED) is 0.795. The fraction of sp³-hybridized carbons (Fsp3) is 0.400. The summed E-state index contributed by atoms with van der Waals surface area (Å²) in [5, 5.41) is 0.754. The molecule has 1 aliphatic heterocycles. The molecular weight excluding hydrogens is 334 g/mol. The lowest BCUT2D eigenvalue weighted by Crippen LogP contribution is -2.48. The lowest BCUT2D eigenvalue weighted by atomic mass is 10.1. The van der Waals surface area contributed by atoms with Crippen LogP contribution in [-0.4, -0.2) is 46.9 Å². The van der Waals surface area contributed by atoms with Gasteiger partial charge in [-0.05, 0) is 48.2 Å². The summed E-state index contributed by atoms with van der Waals surface area (Å²) in [4.78, 5) is 20.8. The van der Waals surface area contributed by atoms with E-state index < -0.39 is 0 Å².